The molecule has 1 aliphatic rings. The van der Waals surface area contributed by atoms with Crippen molar-refractivity contribution in [3.05, 3.63) is 24.2 Å². The molecule has 0 saturated carbocycles. The van der Waals surface area contributed by atoms with E-state index in [4.69, 9.17) is 9.15 Å². The van der Waals surface area contributed by atoms with Gasteiger partial charge in [-0.3, -0.25) is 14.6 Å². The van der Waals surface area contributed by atoms with Crippen molar-refractivity contribution in [2.75, 3.05) is 6.54 Å². The summed E-state index contributed by atoms with van der Waals surface area (Å²) in [5.41, 5.74) is 1.70. The average molecular weight is 323 g/mol. The zero-order chi connectivity index (χ0) is 17.0. The first-order valence-electron chi connectivity index (χ1n) is 7.35. The van der Waals surface area contributed by atoms with Gasteiger partial charge in [0.15, 0.2) is 0 Å². The second-order valence-electron chi connectivity index (χ2n) is 6.32. The van der Waals surface area contributed by atoms with Crippen molar-refractivity contribution in [2.24, 2.45) is 5.92 Å². The van der Waals surface area contributed by atoms with E-state index in [9.17, 15) is 14.4 Å². The highest BCUT2D eigenvalue weighted by Gasteiger charge is 2.36. The summed E-state index contributed by atoms with van der Waals surface area (Å²) in [6, 6.07) is 3.48. The van der Waals surface area contributed by atoms with Crippen molar-refractivity contribution in [3.63, 3.8) is 0 Å². The molecule has 8 heteroatoms. The van der Waals surface area contributed by atoms with Gasteiger partial charge in [-0.2, -0.15) is 0 Å². The molecule has 23 heavy (non-hydrogen) atoms. The first kappa shape index (κ1) is 16.9. The van der Waals surface area contributed by atoms with Crippen molar-refractivity contribution >= 4 is 17.9 Å². The Morgan fingerprint density at radius 1 is 1.43 bits per heavy atom. The van der Waals surface area contributed by atoms with Crippen LogP contribution < -0.4 is 10.7 Å². The van der Waals surface area contributed by atoms with E-state index >= 15 is 0 Å². The summed E-state index contributed by atoms with van der Waals surface area (Å²) in [6.07, 6.45) is 0.842. The fraction of sp³-hybridized carbons (Fsp3) is 0.533. The summed E-state index contributed by atoms with van der Waals surface area (Å²) in [5, 5.41) is 3.82. The van der Waals surface area contributed by atoms with Crippen LogP contribution in [0.25, 0.3) is 0 Å². The summed E-state index contributed by atoms with van der Waals surface area (Å²) >= 11 is 0. The van der Waals surface area contributed by atoms with Gasteiger partial charge in [0.25, 0.3) is 0 Å². The summed E-state index contributed by atoms with van der Waals surface area (Å²) in [7, 11) is 0. The van der Waals surface area contributed by atoms with E-state index in [1.165, 1.54) is 6.26 Å². The molecule has 2 heterocycles. The second kappa shape index (κ2) is 6.72. The Hall–Kier alpha value is -2.51. The summed E-state index contributed by atoms with van der Waals surface area (Å²) < 4.78 is 10.2. The topological polar surface area (TPSA) is 101 Å². The number of carbonyl (C=O) groups is 3. The predicted octanol–water partition coefficient (Wildman–Crippen LogP) is 1.18. The van der Waals surface area contributed by atoms with E-state index in [2.05, 4.69) is 10.7 Å². The van der Waals surface area contributed by atoms with Crippen LogP contribution in [-0.2, 0) is 20.9 Å². The highest BCUT2D eigenvalue weighted by molar-refractivity contribution is 5.90. The quantitative estimate of drug-likeness (QED) is 0.866. The number of hydrogen-bond donors (Lipinski definition) is 2. The van der Waals surface area contributed by atoms with E-state index in [1.807, 2.05) is 0 Å². The van der Waals surface area contributed by atoms with Gasteiger partial charge in [0.2, 0.25) is 11.8 Å². The van der Waals surface area contributed by atoms with Crippen molar-refractivity contribution in [2.45, 2.75) is 39.3 Å². The minimum Gasteiger partial charge on any atom is -0.467 e. The van der Waals surface area contributed by atoms with Crippen LogP contribution in [0.3, 0.4) is 0 Å². The van der Waals surface area contributed by atoms with E-state index in [-0.39, 0.29) is 31.3 Å². The minimum absolute atomic E-state index is 0.0415. The van der Waals surface area contributed by atoms with E-state index in [0.29, 0.717) is 5.76 Å². The number of hydrazine groups is 1. The van der Waals surface area contributed by atoms with E-state index < -0.39 is 17.6 Å². The Balaban J connectivity index is 1.81. The number of nitrogens with zero attached hydrogens (tertiary/aromatic N) is 1. The molecule has 1 saturated heterocycles. The van der Waals surface area contributed by atoms with Gasteiger partial charge < -0.3 is 14.5 Å². The van der Waals surface area contributed by atoms with Crippen molar-refractivity contribution in [3.8, 4) is 0 Å². The monoisotopic (exact) mass is 323 g/mol. The van der Waals surface area contributed by atoms with Crippen molar-refractivity contribution < 1.29 is 23.5 Å². The van der Waals surface area contributed by atoms with E-state index in [1.54, 1.807) is 32.9 Å². The average Bonchev–Trinajstić information content (AvgIpc) is 3.04. The molecule has 8 nitrogen and oxygen atoms in total. The molecule has 0 unspecified atom stereocenters. The zero-order valence-electron chi connectivity index (χ0n) is 13.4. The Morgan fingerprint density at radius 3 is 2.78 bits per heavy atom. The molecule has 0 radical (unpaired) electrons. The molecule has 2 rings (SSSR count). The van der Waals surface area contributed by atoms with E-state index in [0.717, 1.165) is 5.01 Å². The Bertz CT molecular complexity index is 576. The third-order valence-corrected chi connectivity index (χ3v) is 3.14. The van der Waals surface area contributed by atoms with Crippen LogP contribution in [0.2, 0.25) is 0 Å². The predicted molar refractivity (Wildman–Crippen MR) is 79.7 cm³/mol. The number of furan rings is 1. The van der Waals surface area contributed by atoms with Gasteiger partial charge in [0.05, 0.1) is 25.3 Å². The molecule has 2 N–H and O–H groups in total. The van der Waals surface area contributed by atoms with Gasteiger partial charge in [0, 0.05) is 6.42 Å². The lowest BCUT2D eigenvalue weighted by Gasteiger charge is -2.23. The Kier molecular flexibility index (Phi) is 4.92. The molecule has 0 bridgehead atoms. The van der Waals surface area contributed by atoms with Gasteiger partial charge in [-0.25, -0.2) is 10.2 Å². The summed E-state index contributed by atoms with van der Waals surface area (Å²) in [5.74, 6) is -0.476. The molecule has 1 aliphatic heterocycles. The normalized spacial score (nSPS) is 18.0. The highest BCUT2D eigenvalue weighted by atomic mass is 16.6. The first-order valence-corrected chi connectivity index (χ1v) is 7.35. The summed E-state index contributed by atoms with van der Waals surface area (Å²) in [6.45, 7) is 5.55. The molecular formula is C15H21N3O5. The number of ether oxygens (including phenoxy) is 1. The molecule has 0 aliphatic carbocycles. The number of hydrogen-bond acceptors (Lipinski definition) is 5. The fourth-order valence-corrected chi connectivity index (χ4v) is 2.13. The van der Waals surface area contributed by atoms with Crippen LogP contribution in [-0.4, -0.2) is 35.1 Å². The number of carbonyl (C=O) groups excluding carboxylic acids is 3. The maximum atomic E-state index is 12.1. The van der Waals surface area contributed by atoms with Crippen molar-refractivity contribution in [1.82, 2.24) is 15.8 Å². The third kappa shape index (κ3) is 5.01. The minimum atomic E-state index is -0.720. The molecule has 0 spiro atoms. The van der Waals surface area contributed by atoms with Gasteiger partial charge in [-0.15, -0.1) is 0 Å². The van der Waals surface area contributed by atoms with Crippen molar-refractivity contribution in [1.29, 1.82) is 0 Å². The second-order valence-corrected chi connectivity index (χ2v) is 6.32. The number of amides is 3. The van der Waals surface area contributed by atoms with Gasteiger partial charge >= 0.3 is 6.09 Å². The lowest BCUT2D eigenvalue weighted by Crippen LogP contribution is -2.46. The molecule has 1 aromatic heterocycles. The van der Waals surface area contributed by atoms with Crippen LogP contribution in [0.5, 0.6) is 0 Å². The smallest absolute Gasteiger partial charge is 0.426 e. The highest BCUT2D eigenvalue weighted by Crippen LogP contribution is 2.17. The summed E-state index contributed by atoms with van der Waals surface area (Å²) in [4.78, 5) is 35.6. The lowest BCUT2D eigenvalue weighted by molar-refractivity contribution is -0.130. The maximum Gasteiger partial charge on any atom is 0.426 e. The van der Waals surface area contributed by atoms with Crippen LogP contribution in [0.4, 0.5) is 4.79 Å². The SMILES string of the molecule is CC(C)(C)OC(=O)NN1C[C@H](C(=O)NCc2ccco2)CC1=O. The van der Waals surface area contributed by atoms with Gasteiger partial charge in [-0.05, 0) is 32.9 Å². The van der Waals surface area contributed by atoms with Gasteiger partial charge in [-0.1, -0.05) is 0 Å². The number of nitrogens with one attached hydrogen (secondary N) is 2. The third-order valence-electron chi connectivity index (χ3n) is 3.14. The molecular weight excluding hydrogens is 302 g/mol. The first-order chi connectivity index (χ1) is 10.7. The molecule has 1 fully saturated rings. The van der Waals surface area contributed by atoms with Crippen LogP contribution in [0.1, 0.15) is 33.0 Å². The lowest BCUT2D eigenvalue weighted by atomic mass is 10.1. The molecule has 1 atom stereocenters. The number of rotatable bonds is 4. The molecule has 126 valence electrons. The maximum absolute atomic E-state index is 12.1. The molecule has 1 aromatic rings. The van der Waals surface area contributed by atoms with Crippen LogP contribution >= 0.6 is 0 Å². The Labute approximate surface area is 134 Å². The van der Waals surface area contributed by atoms with Crippen LogP contribution in [0, 0.1) is 5.92 Å². The standard InChI is InChI=1S/C15H21N3O5/c1-15(2,3)23-14(21)17-18-9-10(7-12(18)19)13(20)16-8-11-5-4-6-22-11/h4-6,10H,7-9H2,1-3H3,(H,16,20)(H,17,21)/t10-/m1/s1. The van der Waals surface area contributed by atoms with Crippen LogP contribution in [0.15, 0.2) is 22.8 Å². The van der Waals surface area contributed by atoms with Gasteiger partial charge in [0.1, 0.15) is 11.4 Å². The zero-order valence-corrected chi connectivity index (χ0v) is 13.4. The largest absolute Gasteiger partial charge is 0.467 e. The Morgan fingerprint density at radius 2 is 2.17 bits per heavy atom. The molecule has 3 amide bonds. The molecule has 0 aromatic carbocycles. The fourth-order valence-electron chi connectivity index (χ4n) is 2.13.